The van der Waals surface area contributed by atoms with E-state index in [1.807, 2.05) is 36.6 Å². The quantitative estimate of drug-likeness (QED) is 0.754. The Hall–Kier alpha value is -2.99. The van der Waals surface area contributed by atoms with Gasteiger partial charge in [0.15, 0.2) is 0 Å². The Labute approximate surface area is 148 Å². The summed E-state index contributed by atoms with van der Waals surface area (Å²) in [6.45, 7) is 1.97. The number of carbonyl (C=O) groups is 2. The fourth-order valence-electron chi connectivity index (χ4n) is 2.79. The number of amides is 2. The minimum atomic E-state index is -0.195. The second kappa shape index (κ2) is 6.14. The lowest BCUT2D eigenvalue weighted by atomic mass is 10.1. The van der Waals surface area contributed by atoms with Gasteiger partial charge >= 0.3 is 0 Å². The summed E-state index contributed by atoms with van der Waals surface area (Å²) in [6, 6.07) is 12.8. The van der Waals surface area contributed by atoms with E-state index in [2.05, 4.69) is 15.6 Å². The molecule has 0 bridgehead atoms. The molecule has 5 nitrogen and oxygen atoms in total. The first-order valence-electron chi connectivity index (χ1n) is 7.85. The number of anilines is 2. The van der Waals surface area contributed by atoms with Crippen molar-refractivity contribution in [2.75, 3.05) is 10.6 Å². The van der Waals surface area contributed by atoms with E-state index in [1.54, 1.807) is 29.5 Å². The van der Waals surface area contributed by atoms with Crippen LogP contribution in [0.2, 0.25) is 0 Å². The molecule has 2 aromatic carbocycles. The Bertz CT molecular complexity index is 977. The van der Waals surface area contributed by atoms with E-state index >= 15 is 0 Å². The first-order chi connectivity index (χ1) is 12.1. The van der Waals surface area contributed by atoms with Crippen molar-refractivity contribution in [1.29, 1.82) is 0 Å². The molecule has 1 aliphatic rings. The van der Waals surface area contributed by atoms with Crippen molar-refractivity contribution in [3.8, 4) is 11.3 Å². The predicted molar refractivity (Wildman–Crippen MR) is 99.0 cm³/mol. The van der Waals surface area contributed by atoms with E-state index in [1.165, 1.54) is 0 Å². The highest BCUT2D eigenvalue weighted by molar-refractivity contribution is 7.09. The van der Waals surface area contributed by atoms with Gasteiger partial charge in [-0.2, -0.15) is 0 Å². The number of benzene rings is 2. The highest BCUT2D eigenvalue weighted by atomic mass is 32.1. The molecule has 0 atom stereocenters. The fourth-order valence-corrected chi connectivity index (χ4v) is 3.42. The summed E-state index contributed by atoms with van der Waals surface area (Å²) in [5, 5.41) is 8.69. The van der Waals surface area contributed by atoms with E-state index in [9.17, 15) is 9.59 Å². The summed E-state index contributed by atoms with van der Waals surface area (Å²) in [4.78, 5) is 28.3. The SMILES string of the molecule is Cc1nc(-c2ccc(NC(=O)c3ccc4c(c3)CC(=O)N4)cc2)cs1. The number of nitrogens with one attached hydrogen (secondary N) is 2. The summed E-state index contributed by atoms with van der Waals surface area (Å²) < 4.78 is 0. The standard InChI is InChI=1S/C19H15N3O2S/c1-11-20-17(10-25-11)12-2-5-15(6-3-12)21-19(24)13-4-7-16-14(8-13)9-18(23)22-16/h2-8,10H,9H2,1H3,(H,21,24)(H,22,23). The number of hydrogen-bond acceptors (Lipinski definition) is 4. The van der Waals surface area contributed by atoms with Crippen LogP contribution in [0.25, 0.3) is 11.3 Å². The minimum absolute atomic E-state index is 0.0413. The zero-order chi connectivity index (χ0) is 17.4. The molecule has 1 aliphatic heterocycles. The number of fused-ring (bicyclic) bond motifs is 1. The Morgan fingerprint density at radius 1 is 1.20 bits per heavy atom. The first kappa shape index (κ1) is 15.5. The van der Waals surface area contributed by atoms with Crippen molar-refractivity contribution >= 4 is 34.5 Å². The van der Waals surface area contributed by atoms with Crippen LogP contribution in [-0.4, -0.2) is 16.8 Å². The Balaban J connectivity index is 1.49. The molecule has 0 spiro atoms. The van der Waals surface area contributed by atoms with Crippen molar-refractivity contribution in [1.82, 2.24) is 4.98 Å². The van der Waals surface area contributed by atoms with Crippen molar-refractivity contribution < 1.29 is 9.59 Å². The molecule has 2 amide bonds. The highest BCUT2D eigenvalue weighted by Gasteiger charge is 2.19. The van der Waals surface area contributed by atoms with E-state index in [4.69, 9.17) is 0 Å². The Morgan fingerprint density at radius 2 is 2.00 bits per heavy atom. The number of aromatic nitrogens is 1. The molecule has 2 heterocycles. The van der Waals surface area contributed by atoms with E-state index in [-0.39, 0.29) is 11.8 Å². The molecule has 124 valence electrons. The zero-order valence-corrected chi connectivity index (χ0v) is 14.3. The molecule has 2 N–H and O–H groups in total. The van der Waals surface area contributed by atoms with Gasteiger partial charge in [-0.05, 0) is 42.8 Å². The third-order valence-corrected chi connectivity index (χ3v) is 4.82. The molecule has 0 radical (unpaired) electrons. The average Bonchev–Trinajstić information content (AvgIpc) is 3.19. The highest BCUT2D eigenvalue weighted by Crippen LogP contribution is 2.25. The molecule has 6 heteroatoms. The largest absolute Gasteiger partial charge is 0.326 e. The van der Waals surface area contributed by atoms with Crippen LogP contribution in [0.5, 0.6) is 0 Å². The zero-order valence-electron chi connectivity index (χ0n) is 13.5. The van der Waals surface area contributed by atoms with E-state index in [0.29, 0.717) is 12.0 Å². The Kier molecular flexibility index (Phi) is 3.82. The molecule has 25 heavy (non-hydrogen) atoms. The number of rotatable bonds is 3. The molecule has 0 saturated carbocycles. The van der Waals surface area contributed by atoms with Crippen LogP contribution in [0.3, 0.4) is 0 Å². The summed E-state index contributed by atoms with van der Waals surface area (Å²) >= 11 is 1.61. The molecule has 3 aromatic rings. The number of hydrogen-bond donors (Lipinski definition) is 2. The maximum absolute atomic E-state index is 12.4. The molecule has 1 aromatic heterocycles. The average molecular weight is 349 g/mol. The molecular weight excluding hydrogens is 334 g/mol. The molecule has 0 aliphatic carbocycles. The van der Waals surface area contributed by atoms with Crippen LogP contribution in [0.1, 0.15) is 20.9 Å². The van der Waals surface area contributed by atoms with Crippen LogP contribution < -0.4 is 10.6 Å². The topological polar surface area (TPSA) is 71.1 Å². The van der Waals surface area contributed by atoms with Crippen LogP contribution in [-0.2, 0) is 11.2 Å². The van der Waals surface area contributed by atoms with Gasteiger partial charge in [-0.15, -0.1) is 11.3 Å². The number of aryl methyl sites for hydroxylation is 1. The van der Waals surface area contributed by atoms with E-state index in [0.717, 1.165) is 33.2 Å². The van der Waals surface area contributed by atoms with Crippen molar-refractivity contribution in [2.24, 2.45) is 0 Å². The third kappa shape index (κ3) is 3.16. The molecule has 0 fully saturated rings. The number of carbonyl (C=O) groups excluding carboxylic acids is 2. The number of thiazole rings is 1. The number of nitrogens with zero attached hydrogens (tertiary/aromatic N) is 1. The summed E-state index contributed by atoms with van der Waals surface area (Å²) in [6.07, 6.45) is 0.318. The molecule has 0 unspecified atom stereocenters. The maximum atomic E-state index is 12.4. The van der Waals surface area contributed by atoms with Crippen LogP contribution >= 0.6 is 11.3 Å². The fraction of sp³-hybridized carbons (Fsp3) is 0.105. The van der Waals surface area contributed by atoms with Crippen LogP contribution in [0.15, 0.2) is 47.8 Å². The molecular formula is C19H15N3O2S. The Morgan fingerprint density at radius 3 is 2.72 bits per heavy atom. The lowest BCUT2D eigenvalue weighted by Gasteiger charge is -2.07. The third-order valence-electron chi connectivity index (χ3n) is 4.05. The molecule has 4 rings (SSSR count). The van der Waals surface area contributed by atoms with Gasteiger partial charge in [0, 0.05) is 27.9 Å². The van der Waals surface area contributed by atoms with Gasteiger partial charge in [0.1, 0.15) is 0 Å². The van der Waals surface area contributed by atoms with Crippen molar-refractivity contribution in [3.63, 3.8) is 0 Å². The first-order valence-corrected chi connectivity index (χ1v) is 8.73. The second-order valence-electron chi connectivity index (χ2n) is 5.88. The minimum Gasteiger partial charge on any atom is -0.326 e. The lowest BCUT2D eigenvalue weighted by Crippen LogP contribution is -2.12. The van der Waals surface area contributed by atoms with Crippen molar-refractivity contribution in [3.05, 3.63) is 64.0 Å². The monoisotopic (exact) mass is 349 g/mol. The summed E-state index contributed by atoms with van der Waals surface area (Å²) in [7, 11) is 0. The summed E-state index contributed by atoms with van der Waals surface area (Å²) in [5.74, 6) is -0.236. The van der Waals surface area contributed by atoms with Crippen LogP contribution in [0.4, 0.5) is 11.4 Å². The van der Waals surface area contributed by atoms with Gasteiger partial charge in [-0.25, -0.2) is 4.98 Å². The smallest absolute Gasteiger partial charge is 0.255 e. The van der Waals surface area contributed by atoms with Crippen molar-refractivity contribution in [2.45, 2.75) is 13.3 Å². The van der Waals surface area contributed by atoms with Gasteiger partial charge in [0.25, 0.3) is 5.91 Å². The normalized spacial score (nSPS) is 12.6. The van der Waals surface area contributed by atoms with E-state index < -0.39 is 0 Å². The van der Waals surface area contributed by atoms with Gasteiger partial charge in [-0.3, -0.25) is 9.59 Å². The summed E-state index contributed by atoms with van der Waals surface area (Å²) in [5.41, 5.74) is 4.85. The molecule has 0 saturated heterocycles. The van der Waals surface area contributed by atoms with Gasteiger partial charge < -0.3 is 10.6 Å². The second-order valence-corrected chi connectivity index (χ2v) is 6.94. The lowest BCUT2D eigenvalue weighted by molar-refractivity contribution is -0.115. The predicted octanol–water partition coefficient (Wildman–Crippen LogP) is 3.87. The van der Waals surface area contributed by atoms with Gasteiger partial charge in [-0.1, -0.05) is 12.1 Å². The van der Waals surface area contributed by atoms with Gasteiger partial charge in [0.2, 0.25) is 5.91 Å². The van der Waals surface area contributed by atoms with Crippen LogP contribution in [0, 0.1) is 6.92 Å². The maximum Gasteiger partial charge on any atom is 0.255 e. The van der Waals surface area contributed by atoms with Gasteiger partial charge in [0.05, 0.1) is 17.1 Å².